The van der Waals surface area contributed by atoms with E-state index < -0.39 is 0 Å². The van der Waals surface area contributed by atoms with Crippen molar-refractivity contribution in [1.29, 1.82) is 0 Å². The summed E-state index contributed by atoms with van der Waals surface area (Å²) in [5.41, 5.74) is 3.48. The van der Waals surface area contributed by atoms with Crippen molar-refractivity contribution in [3.05, 3.63) is 77.4 Å². The van der Waals surface area contributed by atoms with Crippen LogP contribution in [0.5, 0.6) is 0 Å². The number of aromatic nitrogens is 4. The van der Waals surface area contributed by atoms with Gasteiger partial charge < -0.3 is 10.2 Å². The Bertz CT molecular complexity index is 949. The van der Waals surface area contributed by atoms with Gasteiger partial charge in [-0.1, -0.05) is 41.1 Å². The summed E-state index contributed by atoms with van der Waals surface area (Å²) < 4.78 is 1.85. The molecule has 0 atom stereocenters. The number of aryl methyl sites for hydroxylation is 1. The Labute approximate surface area is 170 Å². The number of pyridine rings is 1. The first kappa shape index (κ1) is 19.3. The molecule has 150 valence electrons. The highest BCUT2D eigenvalue weighted by atomic mass is 16.2. The van der Waals surface area contributed by atoms with E-state index in [1.165, 1.54) is 5.56 Å². The summed E-state index contributed by atoms with van der Waals surface area (Å²) in [4.78, 5) is 19.5. The predicted octanol–water partition coefficient (Wildman–Crippen LogP) is 2.75. The lowest BCUT2D eigenvalue weighted by atomic mass is 10.1. The molecule has 1 amide bonds. The molecule has 29 heavy (non-hydrogen) atoms. The van der Waals surface area contributed by atoms with E-state index in [1.807, 2.05) is 35.0 Å². The fourth-order valence-electron chi connectivity index (χ4n) is 3.70. The molecule has 0 unspecified atom stereocenters. The molecule has 1 aliphatic rings. The maximum atomic E-state index is 13.3. The van der Waals surface area contributed by atoms with E-state index in [2.05, 4.69) is 39.7 Å². The topological polar surface area (TPSA) is 75.9 Å². The molecule has 3 heterocycles. The van der Waals surface area contributed by atoms with E-state index >= 15 is 0 Å². The number of piperidine rings is 1. The Hall–Kier alpha value is -3.06. The number of nitrogens with one attached hydrogen (secondary N) is 1. The Balaban J connectivity index is 1.56. The maximum absolute atomic E-state index is 13.3. The normalized spacial score (nSPS) is 14.7. The number of hydrogen-bond donors (Lipinski definition) is 1. The highest BCUT2D eigenvalue weighted by molar-refractivity contribution is 5.91. The van der Waals surface area contributed by atoms with Gasteiger partial charge in [0.15, 0.2) is 5.69 Å². The summed E-state index contributed by atoms with van der Waals surface area (Å²) in [6, 6.07) is 14.3. The van der Waals surface area contributed by atoms with Crippen LogP contribution < -0.4 is 5.32 Å². The quantitative estimate of drug-likeness (QED) is 0.700. The highest BCUT2D eigenvalue weighted by Crippen LogP contribution is 2.18. The van der Waals surface area contributed by atoms with Crippen molar-refractivity contribution < 1.29 is 4.79 Å². The molecular weight excluding hydrogens is 364 g/mol. The minimum absolute atomic E-state index is 0.127. The van der Waals surface area contributed by atoms with Gasteiger partial charge in [0.1, 0.15) is 0 Å². The Morgan fingerprint density at radius 2 is 2.03 bits per heavy atom. The maximum Gasteiger partial charge on any atom is 0.276 e. The van der Waals surface area contributed by atoms with Crippen molar-refractivity contribution in [2.45, 2.75) is 38.9 Å². The summed E-state index contributed by atoms with van der Waals surface area (Å²) in [6.45, 7) is 4.91. The molecule has 1 saturated heterocycles. The van der Waals surface area contributed by atoms with Gasteiger partial charge in [-0.25, -0.2) is 4.68 Å². The van der Waals surface area contributed by atoms with Crippen molar-refractivity contribution in [1.82, 2.24) is 30.2 Å². The van der Waals surface area contributed by atoms with Crippen LogP contribution in [0.15, 0.2) is 54.9 Å². The fraction of sp³-hybridized carbons (Fsp3) is 0.364. The molecule has 0 bridgehead atoms. The van der Waals surface area contributed by atoms with Gasteiger partial charge in [-0.05, 0) is 50.6 Å². The van der Waals surface area contributed by atoms with Gasteiger partial charge in [-0.2, -0.15) is 0 Å². The summed E-state index contributed by atoms with van der Waals surface area (Å²) in [6.07, 6.45) is 5.54. The number of nitrogens with zero attached hydrogens (tertiary/aromatic N) is 5. The van der Waals surface area contributed by atoms with Gasteiger partial charge in [-0.15, -0.1) is 5.10 Å². The number of hydrogen-bond acceptors (Lipinski definition) is 5. The largest absolute Gasteiger partial charge is 0.327 e. The van der Waals surface area contributed by atoms with Gasteiger partial charge >= 0.3 is 0 Å². The smallest absolute Gasteiger partial charge is 0.276 e. The first-order valence-corrected chi connectivity index (χ1v) is 10.1. The third-order valence-corrected chi connectivity index (χ3v) is 5.23. The van der Waals surface area contributed by atoms with E-state index in [0.717, 1.165) is 37.2 Å². The zero-order valence-electron chi connectivity index (χ0n) is 16.7. The van der Waals surface area contributed by atoms with E-state index in [4.69, 9.17) is 0 Å². The van der Waals surface area contributed by atoms with E-state index in [9.17, 15) is 4.79 Å². The van der Waals surface area contributed by atoms with Crippen molar-refractivity contribution in [2.24, 2.45) is 0 Å². The number of carbonyl (C=O) groups excluding carboxylic acids is 1. The molecule has 1 N–H and O–H groups in total. The molecule has 7 nitrogen and oxygen atoms in total. The van der Waals surface area contributed by atoms with Crippen LogP contribution in [0, 0.1) is 6.92 Å². The van der Waals surface area contributed by atoms with Crippen LogP contribution >= 0.6 is 0 Å². The van der Waals surface area contributed by atoms with Crippen molar-refractivity contribution in [3.63, 3.8) is 0 Å². The molecule has 7 heteroatoms. The van der Waals surface area contributed by atoms with Crippen LogP contribution in [-0.2, 0) is 13.1 Å². The average Bonchev–Trinajstić information content (AvgIpc) is 3.24. The van der Waals surface area contributed by atoms with E-state index in [1.54, 1.807) is 17.3 Å². The van der Waals surface area contributed by atoms with Crippen LogP contribution in [0.3, 0.4) is 0 Å². The standard InChI is InChI=1S/C22H26N6O/c1-17-5-4-6-18(13-17)14-27(15-19-7-2-3-10-24-19)22(29)21-16-28(26-25-21)20-8-11-23-12-9-20/h2-7,10,13,16,20,23H,8-9,11-12,14-15H2,1H3. The monoisotopic (exact) mass is 390 g/mol. The van der Waals surface area contributed by atoms with Crippen LogP contribution in [0.25, 0.3) is 0 Å². The SMILES string of the molecule is Cc1cccc(CN(Cc2ccccn2)C(=O)c2cn(C3CCNCC3)nn2)c1. The van der Waals surface area contributed by atoms with Gasteiger partial charge in [0, 0.05) is 12.7 Å². The zero-order chi connectivity index (χ0) is 20.1. The van der Waals surface area contributed by atoms with Gasteiger partial charge in [0.05, 0.1) is 24.5 Å². The first-order chi connectivity index (χ1) is 14.2. The summed E-state index contributed by atoms with van der Waals surface area (Å²) in [7, 11) is 0. The van der Waals surface area contributed by atoms with Crippen LogP contribution in [0.1, 0.15) is 46.2 Å². The van der Waals surface area contributed by atoms with E-state index in [0.29, 0.717) is 24.8 Å². The Morgan fingerprint density at radius 1 is 1.17 bits per heavy atom. The molecule has 1 aromatic carbocycles. The van der Waals surface area contributed by atoms with Crippen LogP contribution in [0.4, 0.5) is 0 Å². The molecule has 2 aromatic heterocycles. The molecule has 0 saturated carbocycles. The molecule has 3 aromatic rings. The lowest BCUT2D eigenvalue weighted by molar-refractivity contribution is 0.0721. The third kappa shape index (κ3) is 4.86. The van der Waals surface area contributed by atoms with Gasteiger partial charge in [0.2, 0.25) is 0 Å². The molecular formula is C22H26N6O. The van der Waals surface area contributed by atoms with Crippen molar-refractivity contribution >= 4 is 5.91 Å². The average molecular weight is 390 g/mol. The second-order valence-electron chi connectivity index (χ2n) is 7.54. The lowest BCUT2D eigenvalue weighted by Gasteiger charge is -2.23. The number of benzene rings is 1. The zero-order valence-corrected chi connectivity index (χ0v) is 16.7. The van der Waals surface area contributed by atoms with Crippen LogP contribution in [0.2, 0.25) is 0 Å². The van der Waals surface area contributed by atoms with Crippen LogP contribution in [-0.4, -0.2) is 43.9 Å². The number of carbonyl (C=O) groups is 1. The van der Waals surface area contributed by atoms with Crippen molar-refractivity contribution in [2.75, 3.05) is 13.1 Å². The third-order valence-electron chi connectivity index (χ3n) is 5.23. The molecule has 0 aliphatic carbocycles. The second kappa shape index (κ2) is 8.96. The molecule has 4 rings (SSSR count). The first-order valence-electron chi connectivity index (χ1n) is 10.1. The van der Waals surface area contributed by atoms with Crippen molar-refractivity contribution in [3.8, 4) is 0 Å². The van der Waals surface area contributed by atoms with Gasteiger partial charge in [-0.3, -0.25) is 9.78 Å². The highest BCUT2D eigenvalue weighted by Gasteiger charge is 2.23. The molecule has 0 radical (unpaired) electrons. The molecule has 1 fully saturated rings. The summed E-state index contributed by atoms with van der Waals surface area (Å²) in [5, 5.41) is 11.8. The summed E-state index contributed by atoms with van der Waals surface area (Å²) >= 11 is 0. The lowest BCUT2D eigenvalue weighted by Crippen LogP contribution is -2.31. The fourth-order valence-corrected chi connectivity index (χ4v) is 3.70. The Kier molecular flexibility index (Phi) is 5.95. The minimum Gasteiger partial charge on any atom is -0.327 e. The molecule has 1 aliphatic heterocycles. The second-order valence-corrected chi connectivity index (χ2v) is 7.54. The summed E-state index contributed by atoms with van der Waals surface area (Å²) in [5.74, 6) is -0.127. The number of amides is 1. The Morgan fingerprint density at radius 3 is 2.79 bits per heavy atom. The minimum atomic E-state index is -0.127. The van der Waals surface area contributed by atoms with Gasteiger partial charge in [0.25, 0.3) is 5.91 Å². The van der Waals surface area contributed by atoms with E-state index in [-0.39, 0.29) is 5.91 Å². The molecule has 0 spiro atoms. The number of rotatable bonds is 6. The predicted molar refractivity (Wildman–Crippen MR) is 110 cm³/mol.